The summed E-state index contributed by atoms with van der Waals surface area (Å²) in [6.45, 7) is 4.22. The van der Waals surface area contributed by atoms with Crippen LogP contribution < -0.4 is 0 Å². The Labute approximate surface area is 128 Å². The maximum absolute atomic E-state index is 11.5. The molecule has 1 aliphatic rings. The van der Waals surface area contributed by atoms with E-state index in [-0.39, 0.29) is 29.6 Å². The number of aromatic hydroxyl groups is 1. The molecule has 1 aromatic rings. The quantitative estimate of drug-likeness (QED) is 0.882. The minimum absolute atomic E-state index is 0. The molecular weight excluding hydrogens is 274 g/mol. The lowest BCUT2D eigenvalue weighted by molar-refractivity contribution is -0.155. The van der Waals surface area contributed by atoms with Gasteiger partial charge in [0.05, 0.1) is 5.54 Å². The number of nitrogens with zero attached hydrogens (tertiary/aromatic N) is 1. The van der Waals surface area contributed by atoms with Crippen molar-refractivity contribution in [3.8, 4) is 5.75 Å². The molecule has 3 nitrogen and oxygen atoms in total. The number of likely N-dealkylation sites (N-methyl/N-ethyl adjacent to an activating group) is 1. The zero-order valence-electron chi connectivity index (χ0n) is 12.8. The van der Waals surface area contributed by atoms with Crippen molar-refractivity contribution in [3.63, 3.8) is 0 Å². The smallest absolute Gasteiger partial charge is 0.115 e. The highest BCUT2D eigenvalue weighted by molar-refractivity contribution is 5.85. The van der Waals surface area contributed by atoms with E-state index >= 15 is 0 Å². The van der Waals surface area contributed by atoms with Crippen LogP contribution in [0.15, 0.2) is 24.3 Å². The molecule has 0 amide bonds. The number of hydrogen-bond acceptors (Lipinski definition) is 3. The van der Waals surface area contributed by atoms with Crippen LogP contribution in [-0.2, 0) is 5.60 Å². The van der Waals surface area contributed by atoms with Gasteiger partial charge in [-0.1, -0.05) is 25.5 Å². The third-order valence-electron chi connectivity index (χ3n) is 5.11. The molecule has 4 heteroatoms. The minimum Gasteiger partial charge on any atom is -0.508 e. The SMILES string of the molecule is CC1CCC[C@](C)(N(C)C)C1(O)c1cccc(O)c1.Cl. The van der Waals surface area contributed by atoms with Gasteiger partial charge in [0.15, 0.2) is 0 Å². The first-order valence-electron chi connectivity index (χ1n) is 7.01. The van der Waals surface area contributed by atoms with E-state index in [9.17, 15) is 10.2 Å². The Morgan fingerprint density at radius 2 is 1.95 bits per heavy atom. The molecule has 2 N–H and O–H groups in total. The molecule has 2 unspecified atom stereocenters. The molecule has 0 heterocycles. The number of rotatable bonds is 2. The van der Waals surface area contributed by atoms with Crippen LogP contribution in [-0.4, -0.2) is 34.7 Å². The highest BCUT2D eigenvalue weighted by Crippen LogP contribution is 2.50. The molecule has 0 aliphatic heterocycles. The zero-order chi connectivity index (χ0) is 14.3. The van der Waals surface area contributed by atoms with E-state index in [1.54, 1.807) is 18.2 Å². The molecule has 1 saturated carbocycles. The Morgan fingerprint density at radius 3 is 2.50 bits per heavy atom. The first kappa shape index (κ1) is 17.3. The molecule has 1 aliphatic carbocycles. The summed E-state index contributed by atoms with van der Waals surface area (Å²) in [5.41, 5.74) is -0.442. The lowest BCUT2D eigenvalue weighted by atomic mass is 9.61. The van der Waals surface area contributed by atoms with Crippen LogP contribution in [0, 0.1) is 5.92 Å². The predicted molar refractivity (Wildman–Crippen MR) is 84.4 cm³/mol. The van der Waals surface area contributed by atoms with Crippen molar-refractivity contribution in [3.05, 3.63) is 29.8 Å². The number of aliphatic hydroxyl groups is 1. The van der Waals surface area contributed by atoms with Gasteiger partial charge < -0.3 is 15.1 Å². The van der Waals surface area contributed by atoms with Gasteiger partial charge in [0, 0.05) is 0 Å². The van der Waals surface area contributed by atoms with E-state index in [0.717, 1.165) is 24.8 Å². The molecule has 1 fully saturated rings. The molecule has 0 saturated heterocycles. The van der Waals surface area contributed by atoms with E-state index in [4.69, 9.17) is 0 Å². The van der Waals surface area contributed by atoms with Gasteiger partial charge >= 0.3 is 0 Å². The summed E-state index contributed by atoms with van der Waals surface area (Å²) < 4.78 is 0. The van der Waals surface area contributed by atoms with Crippen LogP contribution in [0.2, 0.25) is 0 Å². The van der Waals surface area contributed by atoms with Gasteiger partial charge in [-0.15, -0.1) is 12.4 Å². The van der Waals surface area contributed by atoms with E-state index < -0.39 is 5.60 Å². The average Bonchev–Trinajstić information content (AvgIpc) is 2.35. The summed E-state index contributed by atoms with van der Waals surface area (Å²) in [6, 6.07) is 7.07. The van der Waals surface area contributed by atoms with Gasteiger partial charge in [-0.3, -0.25) is 0 Å². The van der Waals surface area contributed by atoms with Gasteiger partial charge in [-0.05, 0) is 57.5 Å². The monoisotopic (exact) mass is 299 g/mol. The normalized spacial score (nSPS) is 33.8. The number of phenolic OH excluding ortho intramolecular Hbond substituents is 1. The Balaban J connectivity index is 0.00000200. The third kappa shape index (κ3) is 2.43. The minimum atomic E-state index is -0.937. The largest absolute Gasteiger partial charge is 0.508 e. The topological polar surface area (TPSA) is 43.7 Å². The first-order valence-corrected chi connectivity index (χ1v) is 7.01. The summed E-state index contributed by atoms with van der Waals surface area (Å²) in [6.07, 6.45) is 3.09. The van der Waals surface area contributed by atoms with Gasteiger partial charge in [0.2, 0.25) is 0 Å². The summed E-state index contributed by atoms with van der Waals surface area (Å²) in [4.78, 5) is 2.12. The molecule has 1 aromatic carbocycles. The lowest BCUT2D eigenvalue weighted by Crippen LogP contribution is -2.63. The van der Waals surface area contributed by atoms with Gasteiger partial charge in [0.1, 0.15) is 11.4 Å². The summed E-state index contributed by atoms with van der Waals surface area (Å²) in [5.74, 6) is 0.375. The van der Waals surface area contributed by atoms with E-state index in [0.29, 0.717) is 0 Å². The molecule has 0 spiro atoms. The Kier molecular flexibility index (Phi) is 5.12. The summed E-state index contributed by atoms with van der Waals surface area (Å²) in [7, 11) is 4.04. The van der Waals surface area contributed by atoms with Crippen LogP contribution in [0.25, 0.3) is 0 Å². The van der Waals surface area contributed by atoms with Crippen molar-refractivity contribution in [1.29, 1.82) is 0 Å². The number of benzene rings is 1. The average molecular weight is 300 g/mol. The molecule has 0 bridgehead atoms. The fourth-order valence-corrected chi connectivity index (χ4v) is 3.59. The first-order chi connectivity index (χ1) is 8.82. The maximum Gasteiger partial charge on any atom is 0.115 e. The van der Waals surface area contributed by atoms with Crippen LogP contribution in [0.4, 0.5) is 0 Å². The second kappa shape index (κ2) is 5.92. The summed E-state index contributed by atoms with van der Waals surface area (Å²) in [5, 5.41) is 21.2. The standard InChI is InChI=1S/C16H25NO2.ClH/c1-12-7-6-10-15(2,17(3)4)16(12,19)13-8-5-9-14(18)11-13;/h5,8-9,11-12,18-19H,6-7,10H2,1-4H3;1H/t12?,15-,16?;/m0./s1. The summed E-state index contributed by atoms with van der Waals surface area (Å²) >= 11 is 0. The van der Waals surface area contributed by atoms with E-state index in [1.807, 2.05) is 20.2 Å². The third-order valence-corrected chi connectivity index (χ3v) is 5.11. The van der Waals surface area contributed by atoms with Crippen molar-refractivity contribution in [2.24, 2.45) is 5.92 Å². The molecule has 20 heavy (non-hydrogen) atoms. The second-order valence-corrected chi connectivity index (χ2v) is 6.28. The molecular formula is C16H26ClNO2. The molecule has 3 atom stereocenters. The molecule has 2 rings (SSSR count). The van der Waals surface area contributed by atoms with E-state index in [2.05, 4.69) is 18.7 Å². The Bertz CT molecular complexity index is 466. The van der Waals surface area contributed by atoms with Crippen LogP contribution in [0.3, 0.4) is 0 Å². The van der Waals surface area contributed by atoms with Crippen molar-refractivity contribution >= 4 is 12.4 Å². The Hall–Kier alpha value is -0.770. The molecule has 0 aromatic heterocycles. The van der Waals surface area contributed by atoms with Gasteiger partial charge in [0.25, 0.3) is 0 Å². The molecule has 114 valence electrons. The fourth-order valence-electron chi connectivity index (χ4n) is 3.59. The maximum atomic E-state index is 11.5. The fraction of sp³-hybridized carbons (Fsp3) is 0.625. The van der Waals surface area contributed by atoms with Gasteiger partial charge in [-0.25, -0.2) is 0 Å². The number of halogens is 1. The van der Waals surface area contributed by atoms with Crippen LogP contribution in [0.1, 0.15) is 38.7 Å². The van der Waals surface area contributed by atoms with Crippen LogP contribution in [0.5, 0.6) is 5.75 Å². The van der Waals surface area contributed by atoms with E-state index in [1.165, 1.54) is 0 Å². The lowest BCUT2D eigenvalue weighted by Gasteiger charge is -2.55. The molecule has 0 radical (unpaired) electrons. The van der Waals surface area contributed by atoms with Crippen molar-refractivity contribution in [2.75, 3.05) is 14.1 Å². The van der Waals surface area contributed by atoms with Crippen molar-refractivity contribution in [1.82, 2.24) is 4.90 Å². The van der Waals surface area contributed by atoms with Crippen molar-refractivity contribution < 1.29 is 10.2 Å². The zero-order valence-corrected chi connectivity index (χ0v) is 13.6. The highest BCUT2D eigenvalue weighted by Gasteiger charge is 2.54. The predicted octanol–water partition coefficient (Wildman–Crippen LogP) is 3.14. The Morgan fingerprint density at radius 1 is 1.30 bits per heavy atom. The van der Waals surface area contributed by atoms with Crippen molar-refractivity contribution in [2.45, 2.75) is 44.2 Å². The number of phenols is 1. The number of hydrogen-bond donors (Lipinski definition) is 2. The van der Waals surface area contributed by atoms with Gasteiger partial charge in [-0.2, -0.15) is 0 Å². The second-order valence-electron chi connectivity index (χ2n) is 6.28. The van der Waals surface area contributed by atoms with Crippen LogP contribution >= 0.6 is 12.4 Å². The highest BCUT2D eigenvalue weighted by atomic mass is 35.5.